The molecule has 1 unspecified atom stereocenters. The van der Waals surface area contributed by atoms with Gasteiger partial charge in [0.1, 0.15) is 22.8 Å². The van der Waals surface area contributed by atoms with Crippen LogP contribution in [0.5, 0.6) is 0 Å². The second kappa shape index (κ2) is 29.9. The van der Waals surface area contributed by atoms with Crippen LogP contribution in [-0.4, -0.2) is 110 Å². The fourth-order valence-electron chi connectivity index (χ4n) is 7.05. The van der Waals surface area contributed by atoms with E-state index in [1.165, 1.54) is 19.1 Å². The number of hydrogen-bond acceptors (Lipinski definition) is 14. The summed E-state index contributed by atoms with van der Waals surface area (Å²) in [5.41, 5.74) is 8.29. The summed E-state index contributed by atoms with van der Waals surface area (Å²) >= 11 is 0. The number of piperazine rings is 1. The van der Waals surface area contributed by atoms with Crippen LogP contribution in [0.4, 0.5) is 29.1 Å². The maximum Gasteiger partial charge on any atom is 0.446 e. The molecule has 2 fully saturated rings. The normalized spacial score (nSPS) is 17.2. The van der Waals surface area contributed by atoms with Gasteiger partial charge in [-0.15, -0.1) is 0 Å². The third kappa shape index (κ3) is 18.1. The van der Waals surface area contributed by atoms with E-state index in [0.717, 1.165) is 27.8 Å². The van der Waals surface area contributed by atoms with Gasteiger partial charge < -0.3 is 32.6 Å². The van der Waals surface area contributed by atoms with Crippen LogP contribution in [-0.2, 0) is 19.2 Å². The highest BCUT2D eigenvalue weighted by Gasteiger charge is 2.49. The number of pyridine rings is 1. The number of hydrogen-bond donors (Lipinski definition) is 6. The molecular formula is C38H44F4N30O4. The first-order valence-corrected chi connectivity index (χ1v) is 21.4. The maximum absolute atomic E-state index is 13.8. The number of nitrogens with one attached hydrogen (secondary N) is 3. The van der Waals surface area contributed by atoms with Crippen LogP contribution in [0.25, 0.3) is 33.5 Å². The van der Waals surface area contributed by atoms with Gasteiger partial charge in [-0.25, -0.2) is 19.3 Å². The molecule has 0 aliphatic carbocycles. The highest BCUT2D eigenvalue weighted by Crippen LogP contribution is 2.35. The fraction of sp³-hybridized carbons (Fsp3) is 0.316. The minimum atomic E-state index is -4.64. The zero-order valence-electron chi connectivity index (χ0n) is 39.7. The number of anilines is 2. The Bertz CT molecular complexity index is 2910. The average Bonchev–Trinajstić information content (AvgIpc) is 4.08. The summed E-state index contributed by atoms with van der Waals surface area (Å²) in [6.07, 6.45) is -0.231. The van der Waals surface area contributed by atoms with Crippen LogP contribution in [0.3, 0.4) is 0 Å². The van der Waals surface area contributed by atoms with Crippen molar-refractivity contribution in [1.82, 2.24) is 34.9 Å². The average molecular weight is 1060 g/mol. The Morgan fingerprint density at radius 2 is 1.39 bits per heavy atom. The first-order chi connectivity index (χ1) is 36.6. The molecule has 7 rings (SSSR count). The van der Waals surface area contributed by atoms with Crippen molar-refractivity contribution < 1.29 is 36.7 Å². The smallest absolute Gasteiger partial charge is 0.353 e. The van der Waals surface area contributed by atoms with Crippen molar-refractivity contribution in [2.45, 2.75) is 32.5 Å². The van der Waals surface area contributed by atoms with Gasteiger partial charge in [-0.2, -0.15) is 23.8 Å². The molecule has 2 aliphatic rings. The van der Waals surface area contributed by atoms with Crippen LogP contribution in [0.1, 0.15) is 20.3 Å². The zero-order chi connectivity index (χ0) is 55.4. The van der Waals surface area contributed by atoms with E-state index in [4.69, 9.17) is 10.3 Å². The van der Waals surface area contributed by atoms with E-state index in [-0.39, 0.29) is 36.6 Å². The van der Waals surface area contributed by atoms with Gasteiger partial charge in [-0.3, -0.25) is 29.2 Å². The minimum absolute atomic E-state index is 0.0322. The number of benzene rings is 2. The van der Waals surface area contributed by atoms with Gasteiger partial charge in [0.2, 0.25) is 18.1 Å². The van der Waals surface area contributed by atoms with Crippen molar-refractivity contribution in [2.75, 3.05) is 49.5 Å². The molecule has 5 aromatic rings. The number of amides is 2. The van der Waals surface area contributed by atoms with E-state index in [1.54, 1.807) is 55.0 Å². The maximum atomic E-state index is 13.8. The first-order valence-electron chi connectivity index (χ1n) is 21.4. The van der Waals surface area contributed by atoms with E-state index < -0.39 is 23.8 Å². The van der Waals surface area contributed by atoms with Gasteiger partial charge in [-0.1, -0.05) is 15.7 Å². The second-order valence-electron chi connectivity index (χ2n) is 15.0. The van der Waals surface area contributed by atoms with Gasteiger partial charge in [0.15, 0.2) is 5.82 Å². The monoisotopic (exact) mass is 1060 g/mol. The first kappa shape index (κ1) is 58.3. The molecular weight excluding hydrogens is 1020 g/mol. The molecule has 9 N–H and O–H groups in total. The summed E-state index contributed by atoms with van der Waals surface area (Å²) in [5.74, 6) is 14.0. The van der Waals surface area contributed by atoms with Gasteiger partial charge in [0, 0.05) is 79.6 Å². The third-order valence-corrected chi connectivity index (χ3v) is 10.4. The van der Waals surface area contributed by atoms with Crippen molar-refractivity contribution in [3.63, 3.8) is 0 Å². The predicted octanol–water partition coefficient (Wildman–Crippen LogP) is 6.57. The van der Waals surface area contributed by atoms with E-state index in [0.29, 0.717) is 49.8 Å². The Morgan fingerprint density at radius 1 is 0.816 bits per heavy atom. The molecule has 38 heteroatoms. The van der Waals surface area contributed by atoms with E-state index in [2.05, 4.69) is 142 Å². The highest BCUT2D eigenvalue weighted by atomic mass is 19.4. The van der Waals surface area contributed by atoms with Crippen molar-refractivity contribution in [2.24, 2.45) is 112 Å². The number of halogens is 4. The molecule has 0 radical (unpaired) electrons. The summed E-state index contributed by atoms with van der Waals surface area (Å²) < 4.78 is 44.7. The lowest BCUT2D eigenvalue weighted by Gasteiger charge is -2.41. The van der Waals surface area contributed by atoms with Gasteiger partial charge >= 0.3 is 6.18 Å². The van der Waals surface area contributed by atoms with Crippen LogP contribution >= 0.6 is 0 Å². The highest BCUT2D eigenvalue weighted by molar-refractivity contribution is 6.12. The Hall–Kier alpha value is -10.3. The van der Waals surface area contributed by atoms with E-state index in [9.17, 15) is 31.9 Å². The Labute approximate surface area is 424 Å². The largest absolute Gasteiger partial charge is 0.446 e. The molecule has 0 spiro atoms. The number of nitrogens with zero attached hydrogens (tertiary/aromatic N) is 24. The van der Waals surface area contributed by atoms with E-state index in [1.807, 2.05) is 28.9 Å². The summed E-state index contributed by atoms with van der Waals surface area (Å²) in [6, 6.07) is 17.0. The lowest BCUT2D eigenvalue weighted by atomic mass is 9.82. The zero-order valence-corrected chi connectivity index (χ0v) is 39.7. The van der Waals surface area contributed by atoms with Gasteiger partial charge in [0.25, 0.3) is 0 Å². The summed E-state index contributed by atoms with van der Waals surface area (Å²) in [4.78, 5) is 68.2. The lowest BCUT2D eigenvalue weighted by molar-refractivity contribution is -0.156. The molecule has 5 heterocycles. The number of Topliss-reactive ketones (excluding diaryl/α,β-unsaturated/α-hetero) is 1. The Morgan fingerprint density at radius 3 is 1.92 bits per heavy atom. The SMILES string of the molecule is CC(=O)C1(C(=O)Nc2ccc3[nH]nc(-c4ccc(F)cc4)c3c2)CCN(CC(=O)N2CCN(c3ccc(-c4ncccn4)cn3)C[C@H]2C)C1.N/N=N/N=N/N=N/N=N/N.N=N/N=N/N=N/N=N/N=N/N.O=CC(F)(F)F. The standard InChI is InChI=1S/C36H36FN9O3.C2HF3O.H3N11.H4N10/c1-23-20-45(31-11-6-26(19-40-31)34-38-13-3-14-39-34)16-17-46(23)32(48)21-44-15-12-36(22-44,24(2)47)35(49)41-28-9-10-30-29(18-28)33(43-42-30)25-4-7-27(37)8-5-25;3-2(4,5)1-6;1-3-5-7-9-11-10-8-6-4-2;1-3-5-7-9-10-8-6-4-2/h3-11,13-14,18-19,23H,12,15-17,20-22H2,1-2H3,(H,41,49)(H,42,43);1H;(H3,1,2,5,6,9,10);(H2,1,4,5,8,9)(H2,2,3,6,7,10)/t23-,36?;;;/m1.../s1. The molecule has 0 saturated carbocycles. The Kier molecular flexibility index (Phi) is 22.9. The van der Waals surface area contributed by atoms with Crippen LogP contribution in [0.15, 0.2) is 168 Å². The topological polar surface area (TPSA) is 469 Å². The van der Waals surface area contributed by atoms with Gasteiger partial charge in [-0.05, 0) is 154 Å². The number of likely N-dealkylation sites (tertiary alicyclic amines) is 1. The van der Waals surface area contributed by atoms with Crippen molar-refractivity contribution >= 4 is 46.3 Å². The molecule has 0 bridgehead atoms. The van der Waals surface area contributed by atoms with Crippen molar-refractivity contribution in [3.8, 4) is 22.6 Å². The van der Waals surface area contributed by atoms with Crippen molar-refractivity contribution in [1.29, 1.82) is 5.53 Å². The molecule has 2 saturated heterocycles. The predicted molar refractivity (Wildman–Crippen MR) is 252 cm³/mol. The van der Waals surface area contributed by atoms with E-state index >= 15 is 0 Å². The number of aromatic nitrogens is 5. The number of ketones is 1. The molecule has 3 aromatic heterocycles. The molecule has 398 valence electrons. The third-order valence-electron chi connectivity index (χ3n) is 10.4. The second-order valence-corrected chi connectivity index (χ2v) is 15.0. The number of aldehydes is 1. The molecule has 2 amide bonds. The van der Waals surface area contributed by atoms with Crippen LogP contribution < -0.4 is 27.7 Å². The number of fused-ring (bicyclic) bond motifs is 1. The number of carbonyl (C=O) groups is 4. The quantitative estimate of drug-likeness (QED) is 0.0161. The van der Waals surface area contributed by atoms with Crippen LogP contribution in [0.2, 0.25) is 0 Å². The molecule has 76 heavy (non-hydrogen) atoms. The summed E-state index contributed by atoms with van der Waals surface area (Å²) in [5, 5.41) is 59.3. The minimum Gasteiger partial charge on any atom is -0.353 e. The fourth-order valence-corrected chi connectivity index (χ4v) is 7.05. The number of H-pyrrole nitrogens is 1. The lowest BCUT2D eigenvalue weighted by Crippen LogP contribution is -2.56. The number of nitrogens with two attached hydrogens (primary N) is 3. The van der Waals surface area contributed by atoms with Gasteiger partial charge in [0.05, 0.1) is 17.8 Å². The molecule has 2 aromatic carbocycles. The number of alkyl halides is 3. The molecule has 2 atom stereocenters. The molecule has 34 nitrogen and oxygen atoms in total. The van der Waals surface area contributed by atoms with Crippen molar-refractivity contribution in [3.05, 3.63) is 85.1 Å². The number of aromatic amines is 1. The van der Waals surface area contributed by atoms with Crippen LogP contribution in [0, 0.1) is 16.8 Å². The number of rotatable bonds is 15. The Balaban J connectivity index is 0.000000379. The molecule has 2 aliphatic heterocycles. The summed E-state index contributed by atoms with van der Waals surface area (Å²) in [6.45, 7) is 5.98. The summed E-state index contributed by atoms with van der Waals surface area (Å²) in [7, 11) is 0. The number of carbonyl (C=O) groups excluding carboxylic acids is 4.